The van der Waals surface area contributed by atoms with Crippen LogP contribution in [0.4, 0.5) is 5.69 Å². The number of ether oxygens (including phenoxy) is 2. The van der Waals surface area contributed by atoms with E-state index >= 15 is 0 Å². The van der Waals surface area contributed by atoms with Gasteiger partial charge in [-0.15, -0.1) is 0 Å². The van der Waals surface area contributed by atoms with E-state index < -0.39 is 53.2 Å². The first-order valence-electron chi connectivity index (χ1n) is 10.2. The van der Waals surface area contributed by atoms with Gasteiger partial charge >= 0.3 is 0 Å². The van der Waals surface area contributed by atoms with Gasteiger partial charge in [0.1, 0.15) is 30.1 Å². The molecular weight excluding hydrogens is 452 g/mol. The molecule has 1 fully saturated rings. The maximum atomic E-state index is 11.7. The summed E-state index contributed by atoms with van der Waals surface area (Å²) in [6.45, 7) is 2.54. The van der Waals surface area contributed by atoms with E-state index in [1.54, 1.807) is 36.4 Å². The van der Waals surface area contributed by atoms with Crippen LogP contribution in [0.25, 0.3) is 11.1 Å². The molecule has 5 atom stereocenters. The number of aryl methyl sites for hydroxylation is 1. The maximum Gasteiger partial charge on any atom is 0.229 e. The zero-order valence-corrected chi connectivity index (χ0v) is 19.2. The zero-order chi connectivity index (χ0) is 24.3. The van der Waals surface area contributed by atoms with Gasteiger partial charge in [-0.05, 0) is 36.2 Å². The normalized spacial score (nSPS) is 25.3. The van der Waals surface area contributed by atoms with Gasteiger partial charge in [-0.1, -0.05) is 24.3 Å². The summed E-state index contributed by atoms with van der Waals surface area (Å²) in [6, 6.07) is 10.9. The molecule has 0 aliphatic carbocycles. The van der Waals surface area contributed by atoms with Gasteiger partial charge in [0.2, 0.25) is 22.2 Å². The molecule has 1 amide bonds. The number of amides is 1. The highest BCUT2D eigenvalue weighted by Gasteiger charge is 2.46. The van der Waals surface area contributed by atoms with Crippen molar-refractivity contribution in [1.82, 2.24) is 5.32 Å². The number of carbonyl (C=O) groups is 1. The second-order valence-corrected chi connectivity index (χ2v) is 9.70. The Hall–Kier alpha value is -2.70. The molecule has 180 valence electrons. The first-order valence-corrected chi connectivity index (χ1v) is 12.1. The van der Waals surface area contributed by atoms with Crippen molar-refractivity contribution < 1.29 is 38.0 Å². The Morgan fingerprint density at radius 2 is 1.85 bits per heavy atom. The molecule has 0 aromatic heterocycles. The van der Waals surface area contributed by atoms with Crippen LogP contribution in [0.15, 0.2) is 42.5 Å². The Kier molecular flexibility index (Phi) is 7.60. The second kappa shape index (κ2) is 10.1. The van der Waals surface area contributed by atoms with Crippen LogP contribution in [0.5, 0.6) is 5.75 Å². The average Bonchev–Trinajstić information content (AvgIpc) is 2.72. The van der Waals surface area contributed by atoms with Crippen LogP contribution >= 0.6 is 0 Å². The van der Waals surface area contributed by atoms with Crippen LogP contribution in [0.3, 0.4) is 0 Å². The highest BCUT2D eigenvalue weighted by Crippen LogP contribution is 2.36. The molecule has 1 saturated heterocycles. The highest BCUT2D eigenvalue weighted by atomic mass is 32.2. The second-order valence-electron chi connectivity index (χ2n) is 7.95. The molecule has 2 aromatic rings. The van der Waals surface area contributed by atoms with Crippen LogP contribution in [-0.2, 0) is 19.6 Å². The average molecular weight is 481 g/mol. The summed E-state index contributed by atoms with van der Waals surface area (Å²) in [6.07, 6.45) is -4.15. The lowest BCUT2D eigenvalue weighted by molar-refractivity contribution is -0.244. The Morgan fingerprint density at radius 1 is 1.15 bits per heavy atom. The lowest BCUT2D eigenvalue weighted by atomic mass is 9.96. The molecule has 5 N–H and O–H groups in total. The molecule has 1 aliphatic heterocycles. The number of anilines is 1. The van der Waals surface area contributed by atoms with Crippen molar-refractivity contribution >= 4 is 21.6 Å². The Labute approximate surface area is 192 Å². The van der Waals surface area contributed by atoms with Crippen LogP contribution in [0.1, 0.15) is 12.5 Å². The first kappa shape index (κ1) is 24.9. The fourth-order valence-electron chi connectivity index (χ4n) is 3.76. The van der Waals surface area contributed by atoms with E-state index in [1.807, 2.05) is 13.0 Å². The highest BCUT2D eigenvalue weighted by molar-refractivity contribution is 7.92. The van der Waals surface area contributed by atoms with E-state index in [-0.39, 0.29) is 0 Å². The van der Waals surface area contributed by atoms with E-state index in [4.69, 9.17) is 9.47 Å². The fourth-order valence-corrected chi connectivity index (χ4v) is 4.31. The number of carbonyl (C=O) groups excluding carboxylic acids is 1. The van der Waals surface area contributed by atoms with Crippen LogP contribution in [-0.4, -0.2) is 73.2 Å². The number of sulfonamides is 1. The molecule has 33 heavy (non-hydrogen) atoms. The molecule has 3 rings (SSSR count). The van der Waals surface area contributed by atoms with Crippen LogP contribution < -0.4 is 14.8 Å². The molecule has 1 heterocycles. The number of aliphatic hydroxyl groups excluding tert-OH is 3. The van der Waals surface area contributed by atoms with E-state index in [0.717, 1.165) is 11.8 Å². The lowest BCUT2D eigenvalue weighted by Gasteiger charge is -2.42. The Balaban J connectivity index is 2.00. The summed E-state index contributed by atoms with van der Waals surface area (Å²) < 4.78 is 37.4. The van der Waals surface area contributed by atoms with Crippen molar-refractivity contribution in [3.05, 3.63) is 48.0 Å². The van der Waals surface area contributed by atoms with Crippen molar-refractivity contribution in [2.24, 2.45) is 0 Å². The topological polar surface area (TPSA) is 154 Å². The van der Waals surface area contributed by atoms with Crippen molar-refractivity contribution in [2.75, 3.05) is 17.6 Å². The molecule has 10 nitrogen and oxygen atoms in total. The summed E-state index contributed by atoms with van der Waals surface area (Å²) in [5.41, 5.74) is 2.48. The van der Waals surface area contributed by atoms with Gasteiger partial charge in [0.05, 0.1) is 12.9 Å². The number of aliphatic hydroxyl groups is 3. The maximum absolute atomic E-state index is 11.7. The van der Waals surface area contributed by atoms with Gasteiger partial charge in [-0.2, -0.15) is 0 Å². The Bertz CT molecular complexity index is 1110. The zero-order valence-electron chi connectivity index (χ0n) is 18.4. The van der Waals surface area contributed by atoms with E-state index in [2.05, 4.69) is 10.0 Å². The smallest absolute Gasteiger partial charge is 0.229 e. The molecule has 0 radical (unpaired) electrons. The molecule has 0 unspecified atom stereocenters. The van der Waals surface area contributed by atoms with E-state index in [0.29, 0.717) is 22.6 Å². The lowest BCUT2D eigenvalue weighted by Crippen LogP contribution is -2.65. The van der Waals surface area contributed by atoms with Gasteiger partial charge in [0.15, 0.2) is 0 Å². The van der Waals surface area contributed by atoms with Crippen LogP contribution in [0.2, 0.25) is 0 Å². The number of hydrogen-bond donors (Lipinski definition) is 5. The number of nitrogens with one attached hydrogen (secondary N) is 2. The standard InChI is InChI=1S/C22H28N2O8S/c1-12-6-4-9-16(18(12)14-7-5-8-15(10-14)24-33(3,29)30)31-22-19(23-13(2)26)21(28)20(27)17(11-25)32-22/h4-10,17,19-22,24-25,27-28H,11H2,1-3H3,(H,23,26)/t17-,19-,20+,21-,22-/m1/s1. The van der Waals surface area contributed by atoms with E-state index in [9.17, 15) is 28.5 Å². The minimum atomic E-state index is -3.47. The third kappa shape index (κ3) is 6.01. The summed E-state index contributed by atoms with van der Waals surface area (Å²) in [5, 5.41) is 32.8. The molecule has 1 aliphatic rings. The predicted molar refractivity (Wildman–Crippen MR) is 121 cm³/mol. The SMILES string of the molecule is CC(=O)N[C@H]1[C@H](Oc2cccc(C)c2-c2cccc(NS(C)(=O)=O)c2)O[C@H](CO)[C@H](O)[C@@H]1O. The minimum absolute atomic E-state index is 0.340. The fraction of sp³-hybridized carbons (Fsp3) is 0.409. The van der Waals surface area contributed by atoms with Crippen molar-refractivity contribution in [3.8, 4) is 16.9 Å². The molecule has 11 heteroatoms. The van der Waals surface area contributed by atoms with Gasteiger partial charge in [0, 0.05) is 18.2 Å². The summed E-state index contributed by atoms with van der Waals surface area (Å²) in [5.74, 6) is -0.123. The molecule has 0 bridgehead atoms. The van der Waals surface area contributed by atoms with Gasteiger partial charge in [-0.3, -0.25) is 9.52 Å². The first-order chi connectivity index (χ1) is 15.5. The Morgan fingerprint density at radius 3 is 2.48 bits per heavy atom. The molecule has 0 spiro atoms. The van der Waals surface area contributed by atoms with Gasteiger partial charge in [-0.25, -0.2) is 8.42 Å². The molecule has 2 aromatic carbocycles. The van der Waals surface area contributed by atoms with Crippen molar-refractivity contribution in [1.29, 1.82) is 0 Å². The third-order valence-electron chi connectivity index (χ3n) is 5.18. The van der Waals surface area contributed by atoms with Crippen molar-refractivity contribution in [3.63, 3.8) is 0 Å². The third-order valence-corrected chi connectivity index (χ3v) is 5.79. The monoisotopic (exact) mass is 480 g/mol. The molecule has 0 saturated carbocycles. The quantitative estimate of drug-likeness (QED) is 0.380. The molecular formula is C22H28N2O8S. The largest absolute Gasteiger partial charge is 0.462 e. The van der Waals surface area contributed by atoms with Crippen LogP contribution in [0, 0.1) is 6.92 Å². The van der Waals surface area contributed by atoms with Gasteiger partial charge in [0.25, 0.3) is 0 Å². The summed E-state index contributed by atoms with van der Waals surface area (Å²) in [4.78, 5) is 11.7. The number of benzene rings is 2. The van der Waals surface area contributed by atoms with E-state index in [1.165, 1.54) is 6.92 Å². The summed E-state index contributed by atoms with van der Waals surface area (Å²) in [7, 11) is -3.47. The predicted octanol–water partition coefficient (Wildman–Crippen LogP) is 0.356. The number of rotatable bonds is 7. The summed E-state index contributed by atoms with van der Waals surface area (Å²) >= 11 is 0. The van der Waals surface area contributed by atoms with Gasteiger partial charge < -0.3 is 30.1 Å². The minimum Gasteiger partial charge on any atom is -0.462 e. The van der Waals surface area contributed by atoms with Crippen molar-refractivity contribution in [2.45, 2.75) is 44.5 Å². The number of hydrogen-bond acceptors (Lipinski definition) is 8.